The molecule has 156 valence electrons. The fourth-order valence-corrected chi connectivity index (χ4v) is 4.20. The molecule has 1 N–H and O–H groups in total. The first kappa shape index (κ1) is 21.6. The third kappa shape index (κ3) is 5.72. The highest BCUT2D eigenvalue weighted by Gasteiger charge is 2.20. The third-order valence-electron chi connectivity index (χ3n) is 5.36. The van der Waals surface area contributed by atoms with Crippen LogP contribution in [-0.2, 0) is 11.3 Å². The highest BCUT2D eigenvalue weighted by atomic mass is 35.5. The molecule has 1 aliphatic heterocycles. The van der Waals surface area contributed by atoms with Gasteiger partial charge in [-0.1, -0.05) is 35.4 Å². The average molecular weight is 416 g/mol. The molecule has 5 nitrogen and oxygen atoms in total. The number of halogens is 1. The van der Waals surface area contributed by atoms with E-state index < -0.39 is 0 Å². The van der Waals surface area contributed by atoms with Crippen molar-refractivity contribution in [3.05, 3.63) is 57.6 Å². The number of nitrogens with zero attached hydrogens (tertiary/aromatic N) is 2. The molecular weight excluding hydrogens is 386 g/mol. The summed E-state index contributed by atoms with van der Waals surface area (Å²) in [5, 5.41) is 3.57. The predicted octanol–water partition coefficient (Wildman–Crippen LogP) is 4.03. The Kier molecular flexibility index (Phi) is 7.17. The Morgan fingerprint density at radius 1 is 1.03 bits per heavy atom. The molecule has 0 aliphatic carbocycles. The maximum Gasteiger partial charge on any atom is 0.238 e. The van der Waals surface area contributed by atoms with Crippen molar-refractivity contribution in [3.63, 3.8) is 0 Å². The molecule has 0 saturated carbocycles. The standard InChI is InChI=1S/C23H30ClN3O2/c1-16-5-6-21(29-4)19(12-16)14-26-7-9-27(10-8-26)15-22(28)25-23-18(3)11-17(2)13-20(23)24/h5-6,11-13H,7-10,14-15H2,1-4H3,(H,25,28). The minimum absolute atomic E-state index is 0.0207. The van der Waals surface area contributed by atoms with Crippen LogP contribution < -0.4 is 10.1 Å². The maximum absolute atomic E-state index is 12.5. The zero-order chi connectivity index (χ0) is 21.0. The Morgan fingerprint density at radius 3 is 2.38 bits per heavy atom. The molecule has 29 heavy (non-hydrogen) atoms. The van der Waals surface area contributed by atoms with Crippen LogP contribution >= 0.6 is 11.6 Å². The van der Waals surface area contributed by atoms with Crippen molar-refractivity contribution in [2.45, 2.75) is 27.3 Å². The monoisotopic (exact) mass is 415 g/mol. The fourth-order valence-electron chi connectivity index (χ4n) is 3.83. The van der Waals surface area contributed by atoms with Crippen molar-refractivity contribution in [2.24, 2.45) is 0 Å². The molecule has 2 aromatic carbocycles. The van der Waals surface area contributed by atoms with Gasteiger partial charge < -0.3 is 10.1 Å². The van der Waals surface area contributed by atoms with Crippen LogP contribution in [0.4, 0.5) is 5.69 Å². The summed E-state index contributed by atoms with van der Waals surface area (Å²) in [6, 6.07) is 10.2. The highest BCUT2D eigenvalue weighted by molar-refractivity contribution is 6.34. The van der Waals surface area contributed by atoms with Gasteiger partial charge in [-0.05, 0) is 44.0 Å². The molecular formula is C23H30ClN3O2. The molecule has 1 amide bonds. The fraction of sp³-hybridized carbons (Fsp3) is 0.435. The maximum atomic E-state index is 12.5. The van der Waals surface area contributed by atoms with E-state index in [0.29, 0.717) is 17.3 Å². The van der Waals surface area contributed by atoms with Crippen molar-refractivity contribution in [2.75, 3.05) is 45.2 Å². The summed E-state index contributed by atoms with van der Waals surface area (Å²) in [4.78, 5) is 17.1. The lowest BCUT2D eigenvalue weighted by Gasteiger charge is -2.34. The summed E-state index contributed by atoms with van der Waals surface area (Å²) in [6.45, 7) is 10.9. The number of aryl methyl sites for hydroxylation is 3. The molecule has 1 heterocycles. The van der Waals surface area contributed by atoms with E-state index in [0.717, 1.165) is 49.6 Å². The first-order valence-electron chi connectivity index (χ1n) is 10.0. The Morgan fingerprint density at radius 2 is 1.72 bits per heavy atom. The minimum Gasteiger partial charge on any atom is -0.496 e. The normalized spacial score (nSPS) is 15.3. The van der Waals surface area contributed by atoms with Crippen LogP contribution in [0.2, 0.25) is 5.02 Å². The summed E-state index contributed by atoms with van der Waals surface area (Å²) in [5.41, 5.74) is 5.24. The zero-order valence-corrected chi connectivity index (χ0v) is 18.5. The summed E-state index contributed by atoms with van der Waals surface area (Å²) in [5.74, 6) is 0.912. The lowest BCUT2D eigenvalue weighted by Crippen LogP contribution is -2.48. The van der Waals surface area contributed by atoms with Crippen molar-refractivity contribution in [1.29, 1.82) is 0 Å². The van der Waals surface area contributed by atoms with Crippen LogP contribution in [0.5, 0.6) is 5.75 Å². The molecule has 0 radical (unpaired) electrons. The largest absolute Gasteiger partial charge is 0.496 e. The van der Waals surface area contributed by atoms with E-state index in [9.17, 15) is 4.79 Å². The van der Waals surface area contributed by atoms with Gasteiger partial charge in [-0.15, -0.1) is 0 Å². The summed E-state index contributed by atoms with van der Waals surface area (Å²) in [7, 11) is 1.72. The van der Waals surface area contributed by atoms with Crippen LogP contribution in [0, 0.1) is 20.8 Å². The number of hydrogen-bond acceptors (Lipinski definition) is 4. The number of piperazine rings is 1. The number of nitrogens with one attached hydrogen (secondary N) is 1. The number of methoxy groups -OCH3 is 1. The van der Waals surface area contributed by atoms with Crippen molar-refractivity contribution < 1.29 is 9.53 Å². The zero-order valence-electron chi connectivity index (χ0n) is 17.7. The van der Waals surface area contributed by atoms with E-state index in [4.69, 9.17) is 16.3 Å². The van der Waals surface area contributed by atoms with Crippen LogP contribution in [0.3, 0.4) is 0 Å². The smallest absolute Gasteiger partial charge is 0.238 e. The van der Waals surface area contributed by atoms with Crippen LogP contribution in [-0.4, -0.2) is 55.5 Å². The molecule has 0 unspecified atom stereocenters. The SMILES string of the molecule is COc1ccc(C)cc1CN1CCN(CC(=O)Nc2c(C)cc(C)cc2Cl)CC1. The number of amides is 1. The molecule has 3 rings (SSSR count). The number of carbonyl (C=O) groups excluding carboxylic acids is 1. The van der Waals surface area contributed by atoms with Gasteiger partial charge in [0.2, 0.25) is 5.91 Å². The van der Waals surface area contributed by atoms with Crippen LogP contribution in [0.15, 0.2) is 30.3 Å². The first-order chi connectivity index (χ1) is 13.9. The molecule has 6 heteroatoms. The lowest BCUT2D eigenvalue weighted by molar-refractivity contribution is -0.117. The van der Waals surface area contributed by atoms with E-state index >= 15 is 0 Å². The second-order valence-electron chi connectivity index (χ2n) is 7.85. The quantitative estimate of drug-likeness (QED) is 0.773. The van der Waals surface area contributed by atoms with E-state index in [1.807, 2.05) is 32.0 Å². The number of rotatable bonds is 6. The van der Waals surface area contributed by atoms with E-state index in [2.05, 4.69) is 34.2 Å². The Hall–Kier alpha value is -2.08. The number of carbonyl (C=O) groups is 1. The second-order valence-corrected chi connectivity index (χ2v) is 8.26. The molecule has 1 aliphatic rings. The molecule has 0 bridgehead atoms. The molecule has 0 aromatic heterocycles. The van der Waals surface area contributed by atoms with Gasteiger partial charge in [0.25, 0.3) is 0 Å². The Bertz CT molecular complexity index is 853. The Balaban J connectivity index is 1.51. The van der Waals surface area contributed by atoms with E-state index in [1.165, 1.54) is 11.1 Å². The van der Waals surface area contributed by atoms with Crippen molar-refractivity contribution in [1.82, 2.24) is 9.80 Å². The van der Waals surface area contributed by atoms with Gasteiger partial charge in [0, 0.05) is 38.3 Å². The molecule has 1 saturated heterocycles. The summed E-state index contributed by atoms with van der Waals surface area (Å²) in [6.07, 6.45) is 0. The highest BCUT2D eigenvalue weighted by Crippen LogP contribution is 2.27. The minimum atomic E-state index is -0.0207. The van der Waals surface area contributed by atoms with Gasteiger partial charge in [0.15, 0.2) is 0 Å². The van der Waals surface area contributed by atoms with Crippen LogP contribution in [0.25, 0.3) is 0 Å². The summed E-state index contributed by atoms with van der Waals surface area (Å²) >= 11 is 6.31. The topological polar surface area (TPSA) is 44.8 Å². The van der Waals surface area contributed by atoms with Gasteiger partial charge >= 0.3 is 0 Å². The van der Waals surface area contributed by atoms with Crippen molar-refractivity contribution >= 4 is 23.2 Å². The predicted molar refractivity (Wildman–Crippen MR) is 119 cm³/mol. The third-order valence-corrected chi connectivity index (χ3v) is 5.66. The summed E-state index contributed by atoms with van der Waals surface area (Å²) < 4.78 is 5.50. The van der Waals surface area contributed by atoms with Gasteiger partial charge in [0.05, 0.1) is 24.4 Å². The Labute approximate surface area is 178 Å². The average Bonchev–Trinajstić information content (AvgIpc) is 2.66. The van der Waals surface area contributed by atoms with Crippen molar-refractivity contribution in [3.8, 4) is 5.75 Å². The first-order valence-corrected chi connectivity index (χ1v) is 10.4. The lowest BCUT2D eigenvalue weighted by atomic mass is 10.1. The molecule has 2 aromatic rings. The van der Waals surface area contributed by atoms with Gasteiger partial charge in [-0.3, -0.25) is 14.6 Å². The van der Waals surface area contributed by atoms with E-state index in [1.54, 1.807) is 7.11 Å². The molecule has 0 spiro atoms. The number of ether oxygens (including phenoxy) is 1. The number of benzene rings is 2. The van der Waals surface area contributed by atoms with E-state index in [-0.39, 0.29) is 5.91 Å². The molecule has 0 atom stereocenters. The van der Waals surface area contributed by atoms with Gasteiger partial charge in [-0.25, -0.2) is 0 Å². The second kappa shape index (κ2) is 9.61. The van der Waals surface area contributed by atoms with Gasteiger partial charge in [-0.2, -0.15) is 0 Å². The number of hydrogen-bond donors (Lipinski definition) is 1. The molecule has 1 fully saturated rings. The number of anilines is 1. The van der Waals surface area contributed by atoms with Gasteiger partial charge in [0.1, 0.15) is 5.75 Å². The van der Waals surface area contributed by atoms with Crippen LogP contribution in [0.1, 0.15) is 22.3 Å².